The number of ether oxygens (including phenoxy) is 2. The zero-order chi connectivity index (χ0) is 20.8. The van der Waals surface area contributed by atoms with Crippen LogP contribution in [-0.2, 0) is 9.59 Å². The van der Waals surface area contributed by atoms with Gasteiger partial charge in [-0.15, -0.1) is 0 Å². The summed E-state index contributed by atoms with van der Waals surface area (Å²) < 4.78 is 10.3. The minimum atomic E-state index is -0.347. The van der Waals surface area contributed by atoms with Crippen LogP contribution < -0.4 is 9.47 Å². The lowest BCUT2D eigenvalue weighted by Crippen LogP contribution is -2.04. The monoisotopic (exact) mass is 387 g/mol. The molecule has 5 radical (unpaired) electrons. The number of hydrogen-bond acceptors (Lipinski definition) is 4. The van der Waals surface area contributed by atoms with Gasteiger partial charge in [0.05, 0.1) is 0 Å². The summed E-state index contributed by atoms with van der Waals surface area (Å²) in [4.78, 5) is 22.4. The number of carbonyl (C=O) groups is 2. The second kappa shape index (κ2) is 9.55. The Morgan fingerprint density at radius 1 is 0.724 bits per heavy atom. The Kier molecular flexibility index (Phi) is 6.86. The van der Waals surface area contributed by atoms with Crippen molar-refractivity contribution >= 4 is 17.5 Å². The van der Waals surface area contributed by atoms with Crippen LogP contribution >= 0.6 is 0 Å². The molecule has 0 aliphatic heterocycles. The van der Waals surface area contributed by atoms with Crippen molar-refractivity contribution in [3.8, 4) is 11.5 Å². The van der Waals surface area contributed by atoms with Crippen LogP contribution in [0.1, 0.15) is 38.3 Å². The summed E-state index contributed by atoms with van der Waals surface area (Å²) in [5, 5.41) is 0. The van der Waals surface area contributed by atoms with E-state index in [1.165, 1.54) is 19.4 Å². The van der Waals surface area contributed by atoms with Crippen LogP contribution in [0.3, 0.4) is 0 Å². The van der Waals surface area contributed by atoms with Gasteiger partial charge in [-0.25, -0.2) is 0 Å². The lowest BCUT2D eigenvalue weighted by Gasteiger charge is -2.20. The normalized spacial score (nSPS) is 13.8. The van der Waals surface area contributed by atoms with Crippen LogP contribution in [0.25, 0.3) is 5.57 Å². The summed E-state index contributed by atoms with van der Waals surface area (Å²) in [5.74, 6) is 1.49. The largest absolute Gasteiger partial charge is 0.427 e. The van der Waals surface area contributed by atoms with Crippen molar-refractivity contribution in [1.82, 2.24) is 0 Å². The topological polar surface area (TPSA) is 52.6 Å². The predicted octanol–water partition coefficient (Wildman–Crippen LogP) is 5.15. The first-order valence-corrected chi connectivity index (χ1v) is 9.51. The van der Waals surface area contributed by atoms with Crippen molar-refractivity contribution in [1.29, 1.82) is 0 Å². The molecule has 4 nitrogen and oxygen atoms in total. The van der Waals surface area contributed by atoms with E-state index in [9.17, 15) is 9.59 Å². The fourth-order valence-corrected chi connectivity index (χ4v) is 3.33. The third kappa shape index (κ3) is 5.35. The summed E-state index contributed by atoms with van der Waals surface area (Å²) in [6.45, 7) is 4.89. The van der Waals surface area contributed by atoms with E-state index in [0.717, 1.165) is 29.0 Å². The molecule has 0 spiro atoms. The van der Waals surface area contributed by atoms with E-state index in [1.807, 2.05) is 37.1 Å². The quantitative estimate of drug-likeness (QED) is 0.508. The van der Waals surface area contributed by atoms with Gasteiger partial charge in [0.2, 0.25) is 0 Å². The summed E-state index contributed by atoms with van der Waals surface area (Å²) in [7, 11) is 0. The Bertz CT molecular complexity index is 824. The molecule has 1 aliphatic rings. The fraction of sp³-hybridized carbons (Fsp3) is 0.160. The first kappa shape index (κ1) is 20.8. The van der Waals surface area contributed by atoms with Crippen molar-refractivity contribution in [2.24, 2.45) is 0 Å². The second-order valence-corrected chi connectivity index (χ2v) is 6.62. The smallest absolute Gasteiger partial charge is 0.308 e. The van der Waals surface area contributed by atoms with Gasteiger partial charge < -0.3 is 9.47 Å². The minimum Gasteiger partial charge on any atom is -0.427 e. The molecule has 2 aromatic carbocycles. The van der Waals surface area contributed by atoms with E-state index >= 15 is 0 Å². The van der Waals surface area contributed by atoms with Gasteiger partial charge in [0.15, 0.2) is 0 Å². The molecule has 0 aromatic heterocycles. The highest BCUT2D eigenvalue weighted by atomic mass is 16.5. The molecule has 0 unspecified atom stereocenters. The average molecular weight is 387 g/mol. The molecule has 1 aliphatic carbocycles. The summed E-state index contributed by atoms with van der Waals surface area (Å²) >= 11 is 0. The third-order valence-corrected chi connectivity index (χ3v) is 4.48. The zero-order valence-electron chi connectivity index (χ0n) is 16.8. The van der Waals surface area contributed by atoms with Crippen molar-refractivity contribution in [2.75, 3.05) is 0 Å². The van der Waals surface area contributed by atoms with E-state index in [2.05, 4.69) is 19.8 Å². The van der Waals surface area contributed by atoms with Crippen LogP contribution in [0.15, 0.2) is 54.1 Å². The average Bonchev–Trinajstić information content (AvgIpc) is 3.21. The molecule has 4 heteroatoms. The zero-order valence-corrected chi connectivity index (χ0v) is 16.8. The van der Waals surface area contributed by atoms with Gasteiger partial charge >= 0.3 is 11.9 Å². The fourth-order valence-electron chi connectivity index (χ4n) is 3.33. The molecule has 147 valence electrons. The van der Waals surface area contributed by atoms with Crippen LogP contribution in [0.4, 0.5) is 0 Å². The van der Waals surface area contributed by atoms with Gasteiger partial charge in [-0.3, -0.25) is 9.59 Å². The molecular formula is C25H23O4. The van der Waals surface area contributed by atoms with E-state index in [-0.39, 0.29) is 11.9 Å². The van der Waals surface area contributed by atoms with E-state index < -0.39 is 0 Å². The van der Waals surface area contributed by atoms with E-state index in [4.69, 9.17) is 9.47 Å². The van der Waals surface area contributed by atoms with Crippen LogP contribution in [-0.4, -0.2) is 11.9 Å². The Balaban J connectivity index is 2.04. The highest BCUT2D eigenvalue weighted by Crippen LogP contribution is 2.40. The summed E-state index contributed by atoms with van der Waals surface area (Å²) in [5.41, 5.74) is 4.32. The van der Waals surface area contributed by atoms with Crippen molar-refractivity contribution in [2.45, 2.75) is 27.2 Å². The standard InChI is InChI=1S/C25H23O4/c1-4-24(19-7-5-6-8-19)25(20-9-13-22(14-10-20)28-17(2)26)21-11-15-23(16-12-21)29-18(3)27/h5-16H,4H2,1-3H3. The Morgan fingerprint density at radius 2 is 1.14 bits per heavy atom. The van der Waals surface area contributed by atoms with Gasteiger partial charge in [0, 0.05) is 19.8 Å². The van der Waals surface area contributed by atoms with Crippen molar-refractivity contribution in [3.05, 3.63) is 96.8 Å². The maximum Gasteiger partial charge on any atom is 0.308 e. The number of carbonyl (C=O) groups excluding carboxylic acids is 2. The Morgan fingerprint density at radius 3 is 1.48 bits per heavy atom. The van der Waals surface area contributed by atoms with Crippen molar-refractivity contribution < 1.29 is 19.1 Å². The lowest BCUT2D eigenvalue weighted by molar-refractivity contribution is -0.132. The predicted molar refractivity (Wildman–Crippen MR) is 112 cm³/mol. The van der Waals surface area contributed by atoms with Gasteiger partial charge in [-0.1, -0.05) is 36.8 Å². The molecular weight excluding hydrogens is 364 g/mol. The van der Waals surface area contributed by atoms with E-state index in [1.54, 1.807) is 24.3 Å². The van der Waals surface area contributed by atoms with Gasteiger partial charge in [-0.05, 0) is 73.1 Å². The molecule has 0 amide bonds. The minimum absolute atomic E-state index is 0.347. The van der Waals surface area contributed by atoms with Crippen LogP contribution in [0, 0.1) is 31.6 Å². The molecule has 3 rings (SSSR count). The molecule has 0 N–H and O–H groups in total. The molecule has 0 atom stereocenters. The Hall–Kier alpha value is -2.88. The van der Waals surface area contributed by atoms with Gasteiger partial charge in [0.25, 0.3) is 0 Å². The summed E-state index contributed by atoms with van der Waals surface area (Å²) in [6, 6.07) is 15.0. The maximum atomic E-state index is 11.2. The highest BCUT2D eigenvalue weighted by Gasteiger charge is 2.24. The first-order chi connectivity index (χ1) is 14.0. The molecule has 0 bridgehead atoms. The second-order valence-electron chi connectivity index (χ2n) is 6.62. The number of esters is 2. The van der Waals surface area contributed by atoms with Crippen LogP contribution in [0.2, 0.25) is 0 Å². The molecule has 2 aromatic rings. The number of hydrogen-bond donors (Lipinski definition) is 0. The van der Waals surface area contributed by atoms with Crippen LogP contribution in [0.5, 0.6) is 11.5 Å². The molecule has 0 saturated heterocycles. The molecule has 29 heavy (non-hydrogen) atoms. The Labute approximate surface area is 172 Å². The van der Waals surface area contributed by atoms with E-state index in [0.29, 0.717) is 11.5 Å². The number of benzene rings is 2. The number of allylic oxidation sites excluding steroid dienone is 1. The molecule has 1 saturated carbocycles. The van der Waals surface area contributed by atoms with Gasteiger partial charge in [-0.2, -0.15) is 0 Å². The molecule has 1 fully saturated rings. The lowest BCUT2D eigenvalue weighted by atomic mass is 9.84. The first-order valence-electron chi connectivity index (χ1n) is 9.51. The summed E-state index contributed by atoms with van der Waals surface area (Å²) in [6.07, 6.45) is 9.09. The third-order valence-electron chi connectivity index (χ3n) is 4.48. The number of rotatable bonds is 6. The SMILES string of the molecule is CCC([C]1[CH][CH][CH][CH]1)=C(c1ccc(OC(C)=O)cc1)c1ccc(OC(C)=O)cc1. The maximum absolute atomic E-state index is 11.2. The van der Waals surface area contributed by atoms with Crippen molar-refractivity contribution in [3.63, 3.8) is 0 Å². The molecule has 0 heterocycles. The van der Waals surface area contributed by atoms with Gasteiger partial charge in [0.1, 0.15) is 11.5 Å². The highest BCUT2D eigenvalue weighted by molar-refractivity contribution is 5.86.